The van der Waals surface area contributed by atoms with Crippen LogP contribution in [0.25, 0.3) is 0 Å². The molecule has 6 unspecified atom stereocenters. The average Bonchev–Trinajstić information content (AvgIpc) is 3.23. The highest BCUT2D eigenvalue weighted by molar-refractivity contribution is 6.21. The Morgan fingerprint density at radius 2 is 1.24 bits per heavy atom. The molecule has 2 aliphatic heterocycles. The Kier molecular flexibility index (Phi) is 2.20. The molecule has 2 bridgehead atoms. The highest BCUT2D eigenvalue weighted by Gasteiger charge is 2.74. The molecule has 0 radical (unpaired) electrons. The van der Waals surface area contributed by atoms with E-state index in [1.54, 1.807) is 24.3 Å². The van der Waals surface area contributed by atoms with Crippen LogP contribution in [0.4, 0.5) is 0 Å². The molecule has 25 heavy (non-hydrogen) atoms. The van der Waals surface area contributed by atoms with Gasteiger partial charge in [0.1, 0.15) is 0 Å². The summed E-state index contributed by atoms with van der Waals surface area (Å²) in [6.07, 6.45) is 3.95. The lowest BCUT2D eigenvalue weighted by Gasteiger charge is -2.36. The second kappa shape index (κ2) is 4.07. The minimum absolute atomic E-state index is 0.0527. The Bertz CT molecular complexity index is 862. The van der Waals surface area contributed by atoms with Gasteiger partial charge < -0.3 is 4.74 Å². The zero-order chi connectivity index (χ0) is 17.0. The molecule has 6 aliphatic rings. The maximum absolute atomic E-state index is 12.8. The molecule has 1 saturated heterocycles. The molecule has 0 spiro atoms. The SMILES string of the molecule is O=C1OC(=O)C2C3C=CC(C12)C1C3C1N1C(=O)c2ccccc2C1=O. The lowest BCUT2D eigenvalue weighted by Crippen LogP contribution is -2.40. The normalized spacial score (nSPS) is 42.4. The second-order valence-corrected chi connectivity index (χ2v) is 7.50. The van der Waals surface area contributed by atoms with Crippen molar-refractivity contribution < 1.29 is 23.9 Å². The van der Waals surface area contributed by atoms with Crippen molar-refractivity contribution >= 4 is 23.8 Å². The number of benzene rings is 1. The first-order valence-corrected chi connectivity index (χ1v) is 8.50. The van der Waals surface area contributed by atoms with Crippen molar-refractivity contribution in [3.05, 3.63) is 47.5 Å². The van der Waals surface area contributed by atoms with Crippen LogP contribution in [-0.2, 0) is 14.3 Å². The van der Waals surface area contributed by atoms with E-state index < -0.39 is 23.8 Å². The summed E-state index contributed by atoms with van der Waals surface area (Å²) in [5.74, 6) is -2.51. The summed E-state index contributed by atoms with van der Waals surface area (Å²) >= 11 is 0. The molecule has 3 fully saturated rings. The van der Waals surface area contributed by atoms with Gasteiger partial charge in [0.15, 0.2) is 0 Å². The number of hydrogen-bond donors (Lipinski definition) is 0. The quantitative estimate of drug-likeness (QED) is 0.331. The molecule has 2 saturated carbocycles. The van der Waals surface area contributed by atoms with Crippen molar-refractivity contribution in [3.8, 4) is 0 Å². The van der Waals surface area contributed by atoms with Gasteiger partial charge in [0.05, 0.1) is 23.0 Å². The standard InChI is InChI=1S/C19H13NO5/c21-16-7-3-1-2-4-8(7)17(22)20(16)15-11-9-5-6-10(12(11)15)14-13(9)18(23)25-19(14)24/h1-6,9-15H. The van der Waals surface area contributed by atoms with Gasteiger partial charge in [-0.05, 0) is 35.8 Å². The molecule has 0 aromatic heterocycles. The third-order valence-electron chi connectivity index (χ3n) is 6.62. The summed E-state index contributed by atoms with van der Waals surface area (Å²) in [6, 6.07) is 6.60. The van der Waals surface area contributed by atoms with Gasteiger partial charge in [-0.1, -0.05) is 24.3 Å². The molecule has 2 amide bonds. The average molecular weight is 335 g/mol. The van der Waals surface area contributed by atoms with Crippen LogP contribution < -0.4 is 0 Å². The van der Waals surface area contributed by atoms with E-state index in [9.17, 15) is 19.2 Å². The van der Waals surface area contributed by atoms with E-state index in [2.05, 4.69) is 0 Å². The predicted molar refractivity (Wildman–Crippen MR) is 81.9 cm³/mol. The van der Waals surface area contributed by atoms with Gasteiger partial charge in [0, 0.05) is 6.04 Å². The number of amides is 2. The number of imide groups is 1. The van der Waals surface area contributed by atoms with Crippen LogP contribution in [0.15, 0.2) is 36.4 Å². The van der Waals surface area contributed by atoms with Gasteiger partial charge in [0.25, 0.3) is 11.8 Å². The number of fused-ring (bicyclic) bond motifs is 1. The first kappa shape index (κ1) is 13.5. The molecule has 7 rings (SSSR count). The van der Waals surface area contributed by atoms with Gasteiger partial charge in [-0.15, -0.1) is 0 Å². The van der Waals surface area contributed by atoms with E-state index in [-0.39, 0.29) is 41.5 Å². The Morgan fingerprint density at radius 1 is 0.760 bits per heavy atom. The molecule has 1 aromatic rings. The molecule has 6 heteroatoms. The van der Waals surface area contributed by atoms with E-state index in [0.29, 0.717) is 11.1 Å². The fraction of sp³-hybridized carbons (Fsp3) is 0.368. The molecule has 6 atom stereocenters. The molecule has 6 nitrogen and oxygen atoms in total. The first-order valence-electron chi connectivity index (χ1n) is 8.50. The molecule has 1 aromatic carbocycles. The molecular weight excluding hydrogens is 322 g/mol. The topological polar surface area (TPSA) is 80.8 Å². The van der Waals surface area contributed by atoms with Crippen LogP contribution in [-0.4, -0.2) is 34.7 Å². The summed E-state index contributed by atoms with van der Waals surface area (Å²) in [5, 5.41) is 0. The largest absolute Gasteiger partial charge is 0.393 e. The Labute approximate surface area is 142 Å². The van der Waals surface area contributed by atoms with E-state index in [1.165, 1.54) is 4.90 Å². The van der Waals surface area contributed by atoms with Crippen molar-refractivity contribution in [1.82, 2.24) is 4.90 Å². The number of esters is 2. The van der Waals surface area contributed by atoms with E-state index in [0.717, 1.165) is 0 Å². The summed E-state index contributed by atoms with van der Waals surface area (Å²) in [4.78, 5) is 51.1. The molecular formula is C19H13NO5. The molecule has 0 N–H and O–H groups in total. The number of ether oxygens (including phenoxy) is 1. The van der Waals surface area contributed by atoms with E-state index in [4.69, 9.17) is 4.74 Å². The predicted octanol–water partition coefficient (Wildman–Crippen LogP) is 1.03. The monoisotopic (exact) mass is 335 g/mol. The summed E-state index contributed by atoms with van der Waals surface area (Å²) in [5.41, 5.74) is 0.874. The Balaban J connectivity index is 1.40. The zero-order valence-corrected chi connectivity index (χ0v) is 13.0. The van der Waals surface area contributed by atoms with E-state index in [1.807, 2.05) is 12.2 Å². The molecule has 124 valence electrons. The van der Waals surface area contributed by atoms with E-state index >= 15 is 0 Å². The molecule has 2 heterocycles. The lowest BCUT2D eigenvalue weighted by molar-refractivity contribution is -0.154. The highest BCUT2D eigenvalue weighted by atomic mass is 16.6. The van der Waals surface area contributed by atoms with Gasteiger partial charge in [-0.25, -0.2) is 0 Å². The highest BCUT2D eigenvalue weighted by Crippen LogP contribution is 2.67. The minimum atomic E-state index is -0.458. The number of carbonyl (C=O) groups excluding carboxylic acids is 4. The third kappa shape index (κ3) is 1.39. The summed E-state index contributed by atoms with van der Waals surface area (Å²) in [7, 11) is 0. The number of hydrogen-bond acceptors (Lipinski definition) is 5. The van der Waals surface area contributed by atoms with Gasteiger partial charge in [-0.3, -0.25) is 24.1 Å². The van der Waals surface area contributed by atoms with Gasteiger partial charge in [0.2, 0.25) is 0 Å². The summed E-state index contributed by atoms with van der Waals surface area (Å²) in [6.45, 7) is 0. The van der Waals surface area contributed by atoms with Crippen LogP contribution in [0.1, 0.15) is 20.7 Å². The van der Waals surface area contributed by atoms with Crippen LogP contribution >= 0.6 is 0 Å². The van der Waals surface area contributed by atoms with Gasteiger partial charge >= 0.3 is 11.9 Å². The third-order valence-corrected chi connectivity index (χ3v) is 6.62. The van der Waals surface area contributed by atoms with Crippen LogP contribution in [0.5, 0.6) is 0 Å². The maximum atomic E-state index is 12.8. The second-order valence-electron chi connectivity index (χ2n) is 7.50. The number of carbonyl (C=O) groups is 4. The van der Waals surface area contributed by atoms with Crippen LogP contribution in [0.2, 0.25) is 0 Å². The maximum Gasteiger partial charge on any atom is 0.318 e. The lowest BCUT2D eigenvalue weighted by atomic mass is 9.63. The van der Waals surface area contributed by atoms with Gasteiger partial charge in [-0.2, -0.15) is 0 Å². The fourth-order valence-corrected chi connectivity index (χ4v) is 5.69. The smallest absolute Gasteiger partial charge is 0.318 e. The van der Waals surface area contributed by atoms with Crippen LogP contribution in [0.3, 0.4) is 0 Å². The minimum Gasteiger partial charge on any atom is -0.393 e. The number of allylic oxidation sites excluding steroid dienone is 2. The fourth-order valence-electron chi connectivity index (χ4n) is 5.69. The van der Waals surface area contributed by atoms with Crippen molar-refractivity contribution in [1.29, 1.82) is 0 Å². The van der Waals surface area contributed by atoms with Crippen LogP contribution in [0, 0.1) is 35.5 Å². The number of rotatable bonds is 1. The number of cyclic esters (lactones) is 2. The first-order chi connectivity index (χ1) is 12.1. The zero-order valence-electron chi connectivity index (χ0n) is 13.0. The van der Waals surface area contributed by atoms with Crippen molar-refractivity contribution in [3.63, 3.8) is 0 Å². The molecule has 4 aliphatic carbocycles. The Hall–Kier alpha value is -2.76. The van der Waals surface area contributed by atoms with Crippen molar-refractivity contribution in [2.24, 2.45) is 35.5 Å². The summed E-state index contributed by atoms with van der Waals surface area (Å²) < 4.78 is 4.85. The van der Waals surface area contributed by atoms with Crippen molar-refractivity contribution in [2.45, 2.75) is 6.04 Å². The Morgan fingerprint density at radius 3 is 1.72 bits per heavy atom. The van der Waals surface area contributed by atoms with Crippen molar-refractivity contribution in [2.75, 3.05) is 0 Å². The number of nitrogens with zero attached hydrogens (tertiary/aromatic N) is 1.